The van der Waals surface area contributed by atoms with Gasteiger partial charge >= 0.3 is 0 Å². The summed E-state index contributed by atoms with van der Waals surface area (Å²) in [6.45, 7) is 3.69. The van der Waals surface area contributed by atoms with E-state index in [1.54, 1.807) is 34.8 Å². The van der Waals surface area contributed by atoms with E-state index in [9.17, 15) is 14.4 Å². The highest BCUT2D eigenvalue weighted by molar-refractivity contribution is 5.96. The third-order valence-corrected chi connectivity index (χ3v) is 7.65. The topological polar surface area (TPSA) is 103 Å². The molecule has 2 fully saturated rings. The van der Waals surface area contributed by atoms with Crippen LogP contribution in [-0.4, -0.2) is 31.7 Å². The Labute approximate surface area is 198 Å². The highest BCUT2D eigenvalue weighted by Gasteiger charge is 2.33. The van der Waals surface area contributed by atoms with Crippen molar-refractivity contribution in [1.29, 1.82) is 0 Å². The van der Waals surface area contributed by atoms with Crippen LogP contribution in [0.5, 0.6) is 0 Å². The molecule has 0 radical (unpaired) electrons. The molecule has 0 atom stereocenters. The third kappa shape index (κ3) is 3.99. The molecule has 2 aromatic heterocycles. The first-order chi connectivity index (χ1) is 16.5. The molecule has 0 unspecified atom stereocenters. The summed E-state index contributed by atoms with van der Waals surface area (Å²) < 4.78 is 1.77. The van der Waals surface area contributed by atoms with E-state index in [0.717, 1.165) is 57.1 Å². The lowest BCUT2D eigenvalue weighted by Gasteiger charge is -2.27. The van der Waals surface area contributed by atoms with Crippen molar-refractivity contribution in [1.82, 2.24) is 19.8 Å². The van der Waals surface area contributed by atoms with Crippen LogP contribution in [-0.2, 0) is 0 Å². The molecule has 2 aliphatic carbocycles. The molecule has 2 aromatic rings. The first-order valence-corrected chi connectivity index (χ1v) is 12.6. The Kier molecular flexibility index (Phi) is 6.15. The largest absolute Gasteiger partial charge is 0.304 e. The molecule has 5 rings (SSSR count). The highest BCUT2D eigenvalue weighted by Crippen LogP contribution is 2.27. The number of H-pyrrole nitrogens is 2. The first kappa shape index (κ1) is 22.6. The second-order valence-corrected chi connectivity index (χ2v) is 9.90. The van der Waals surface area contributed by atoms with E-state index in [2.05, 4.69) is 15.2 Å². The lowest BCUT2D eigenvalue weighted by atomic mass is 9.95. The van der Waals surface area contributed by atoms with Crippen LogP contribution in [0, 0.1) is 13.8 Å². The van der Waals surface area contributed by atoms with Crippen molar-refractivity contribution >= 4 is 18.1 Å². The number of aromatic amines is 2. The number of allylic oxidation sites excluding steroid dienone is 1. The molecular weight excluding hydrogens is 430 g/mol. The Hall–Kier alpha value is -3.16. The smallest absolute Gasteiger partial charge is 0.278 e. The molecule has 0 saturated heterocycles. The van der Waals surface area contributed by atoms with Gasteiger partial charge in [0.25, 0.3) is 17.0 Å². The SMILES string of the molecule is Cc1[nH]n(C2CCCCC2)c(=O)c1C=C/C=c1\c(C)c2c([nH]c1=O)=NN(C1CCCCC1)C2=O. The normalized spacial score (nSPS) is 20.4. The summed E-state index contributed by atoms with van der Waals surface area (Å²) in [6, 6.07) is 0.335. The minimum absolute atomic E-state index is 0.0225. The van der Waals surface area contributed by atoms with Gasteiger partial charge in [-0.25, -0.2) is 9.69 Å². The predicted molar refractivity (Wildman–Crippen MR) is 131 cm³/mol. The molecule has 34 heavy (non-hydrogen) atoms. The zero-order valence-electron chi connectivity index (χ0n) is 20.0. The van der Waals surface area contributed by atoms with Gasteiger partial charge in [-0.15, -0.1) is 0 Å². The molecule has 0 aromatic carbocycles. The van der Waals surface area contributed by atoms with Crippen LogP contribution in [0.4, 0.5) is 0 Å². The minimum atomic E-state index is -0.284. The second kappa shape index (κ2) is 9.24. The number of carbonyl (C=O) groups excluding carboxylic acids is 1. The molecule has 0 bridgehead atoms. The molecule has 8 nitrogen and oxygen atoms in total. The maximum absolute atomic E-state index is 13.1. The second-order valence-electron chi connectivity index (χ2n) is 9.90. The van der Waals surface area contributed by atoms with E-state index < -0.39 is 0 Å². The van der Waals surface area contributed by atoms with Gasteiger partial charge in [0.2, 0.25) is 0 Å². The summed E-state index contributed by atoms with van der Waals surface area (Å²) in [7, 11) is 0. The number of aromatic nitrogens is 3. The number of fused-ring (bicyclic) bond motifs is 1. The lowest BCUT2D eigenvalue weighted by molar-refractivity contribution is 0.0663. The van der Waals surface area contributed by atoms with Crippen LogP contribution in [0.2, 0.25) is 0 Å². The number of carbonyl (C=O) groups is 1. The summed E-state index contributed by atoms with van der Waals surface area (Å²) in [4.78, 5) is 41.7. The number of nitrogens with zero attached hydrogens (tertiary/aromatic N) is 3. The van der Waals surface area contributed by atoms with Crippen molar-refractivity contribution in [2.24, 2.45) is 5.10 Å². The third-order valence-electron chi connectivity index (χ3n) is 7.65. The number of hydrogen-bond acceptors (Lipinski definition) is 4. The van der Waals surface area contributed by atoms with Gasteiger partial charge in [0.15, 0.2) is 5.49 Å². The maximum atomic E-state index is 13.1. The van der Waals surface area contributed by atoms with Gasteiger partial charge in [-0.2, -0.15) is 5.10 Å². The van der Waals surface area contributed by atoms with Crippen molar-refractivity contribution in [2.75, 3.05) is 0 Å². The molecule has 3 aliphatic rings. The van der Waals surface area contributed by atoms with Crippen LogP contribution < -0.4 is 21.8 Å². The predicted octanol–water partition coefficient (Wildman–Crippen LogP) is 2.80. The Morgan fingerprint density at radius 3 is 2.24 bits per heavy atom. The van der Waals surface area contributed by atoms with E-state index >= 15 is 0 Å². The average molecular weight is 464 g/mol. The molecule has 0 spiro atoms. The van der Waals surface area contributed by atoms with Crippen LogP contribution in [0.3, 0.4) is 0 Å². The van der Waals surface area contributed by atoms with Gasteiger partial charge in [-0.1, -0.05) is 44.6 Å². The Balaban J connectivity index is 1.45. The first-order valence-electron chi connectivity index (χ1n) is 12.6. The molecule has 8 heteroatoms. The summed E-state index contributed by atoms with van der Waals surface area (Å²) in [5, 5.41) is 9.70. The minimum Gasteiger partial charge on any atom is -0.304 e. The van der Waals surface area contributed by atoms with Crippen molar-refractivity contribution in [3.8, 4) is 0 Å². The lowest BCUT2D eigenvalue weighted by Crippen LogP contribution is -2.39. The summed E-state index contributed by atoms with van der Waals surface area (Å²) in [5.41, 5.74) is 2.57. The van der Waals surface area contributed by atoms with Gasteiger partial charge in [0.05, 0.1) is 23.2 Å². The number of rotatable bonds is 4. The monoisotopic (exact) mass is 463 g/mol. The van der Waals surface area contributed by atoms with E-state index in [0.29, 0.717) is 27.4 Å². The van der Waals surface area contributed by atoms with Gasteiger partial charge in [0, 0.05) is 10.9 Å². The number of amides is 1. The van der Waals surface area contributed by atoms with Crippen molar-refractivity contribution in [3.63, 3.8) is 0 Å². The summed E-state index contributed by atoms with van der Waals surface area (Å²) in [6.07, 6.45) is 16.0. The molecule has 2 saturated carbocycles. The van der Waals surface area contributed by atoms with Gasteiger partial charge in [0.1, 0.15) is 0 Å². The zero-order chi connectivity index (χ0) is 23.8. The number of aryl methyl sites for hydroxylation is 1. The fraction of sp³-hybridized carbons (Fsp3) is 0.538. The number of pyridine rings is 1. The fourth-order valence-electron chi connectivity index (χ4n) is 5.71. The standard InChI is InChI=1S/C26H33N5O3/c1-16-20(14-9-15-21-17(2)28-30(25(21)33)18-10-5-3-6-11-18)24(32)27-23-22(16)26(34)31(29-23)19-12-7-4-8-13-19/h9,14-15,18-19,28H,3-8,10-13H2,1-2H3,(H,27,29,32)/b15-9?,20-14+. The van der Waals surface area contributed by atoms with Crippen molar-refractivity contribution in [3.05, 3.63) is 59.9 Å². The van der Waals surface area contributed by atoms with Crippen LogP contribution in [0.15, 0.2) is 20.8 Å². The quantitative estimate of drug-likeness (QED) is 0.729. The van der Waals surface area contributed by atoms with Crippen LogP contribution in [0.25, 0.3) is 12.2 Å². The van der Waals surface area contributed by atoms with Gasteiger partial charge < -0.3 is 4.98 Å². The molecule has 1 aliphatic heterocycles. The number of hydrogen-bond donors (Lipinski definition) is 2. The van der Waals surface area contributed by atoms with Crippen LogP contribution in [0.1, 0.15) is 97.4 Å². The summed E-state index contributed by atoms with van der Waals surface area (Å²) in [5.74, 6) is -0.133. The Morgan fingerprint density at radius 1 is 0.912 bits per heavy atom. The fourth-order valence-corrected chi connectivity index (χ4v) is 5.71. The molecule has 3 heterocycles. The molecule has 2 N–H and O–H groups in total. The maximum Gasteiger partial charge on any atom is 0.278 e. The van der Waals surface area contributed by atoms with Crippen molar-refractivity contribution in [2.45, 2.75) is 90.1 Å². The molecular formula is C26H33N5O3. The summed E-state index contributed by atoms with van der Waals surface area (Å²) >= 11 is 0. The Bertz CT molecular complexity index is 1360. The molecule has 1 amide bonds. The highest BCUT2D eigenvalue weighted by atomic mass is 16.2. The number of nitrogens with one attached hydrogen (secondary N) is 2. The average Bonchev–Trinajstić information content (AvgIpc) is 3.32. The molecule has 180 valence electrons. The van der Waals surface area contributed by atoms with Gasteiger partial charge in [-0.3, -0.25) is 19.5 Å². The zero-order valence-corrected chi connectivity index (χ0v) is 20.0. The van der Waals surface area contributed by atoms with E-state index in [-0.39, 0.29) is 29.1 Å². The van der Waals surface area contributed by atoms with E-state index in [1.165, 1.54) is 12.8 Å². The van der Waals surface area contributed by atoms with E-state index in [1.807, 2.05) is 6.92 Å². The van der Waals surface area contributed by atoms with Crippen LogP contribution >= 0.6 is 0 Å². The van der Waals surface area contributed by atoms with Gasteiger partial charge in [-0.05, 0) is 57.2 Å². The Morgan fingerprint density at radius 2 is 1.56 bits per heavy atom. The van der Waals surface area contributed by atoms with E-state index in [4.69, 9.17) is 0 Å². The van der Waals surface area contributed by atoms with Crippen molar-refractivity contribution < 1.29 is 4.79 Å².